The van der Waals surface area contributed by atoms with Crippen LogP contribution in [0.1, 0.15) is 23.6 Å². The first-order valence-corrected chi connectivity index (χ1v) is 11.9. The Balaban J connectivity index is 1.86. The highest BCUT2D eigenvalue weighted by Gasteiger charge is 2.27. The molecule has 0 aliphatic carbocycles. The van der Waals surface area contributed by atoms with Gasteiger partial charge in [-0.2, -0.15) is 4.31 Å². The minimum atomic E-state index is -3.92. The van der Waals surface area contributed by atoms with E-state index in [1.807, 2.05) is 69.3 Å². The molecular formula is C25H28N2O4S. The van der Waals surface area contributed by atoms with Gasteiger partial charge in [0, 0.05) is 12.2 Å². The molecule has 0 unspecified atom stereocenters. The van der Waals surface area contributed by atoms with E-state index in [1.54, 1.807) is 12.1 Å². The standard InChI is InChI=1S/C25H28N2O4S/c1-4-31-23-10-12-24(13-11-23)32(29,30)27(17-21-8-6-5-7-9-21)18-25(28)26-22-15-19(2)14-20(3)16-22/h5-16H,4,17-18H2,1-3H3,(H,26,28). The highest BCUT2D eigenvalue weighted by molar-refractivity contribution is 7.89. The van der Waals surface area contributed by atoms with E-state index in [4.69, 9.17) is 4.74 Å². The van der Waals surface area contributed by atoms with E-state index < -0.39 is 15.9 Å². The fourth-order valence-corrected chi connectivity index (χ4v) is 4.83. The maximum atomic E-state index is 13.4. The van der Waals surface area contributed by atoms with Crippen LogP contribution in [0.25, 0.3) is 0 Å². The second-order valence-corrected chi connectivity index (χ2v) is 9.53. The van der Waals surface area contributed by atoms with Gasteiger partial charge >= 0.3 is 0 Å². The molecule has 0 aromatic heterocycles. The largest absolute Gasteiger partial charge is 0.494 e. The summed E-state index contributed by atoms with van der Waals surface area (Å²) in [5, 5.41) is 2.82. The van der Waals surface area contributed by atoms with Crippen molar-refractivity contribution in [2.24, 2.45) is 0 Å². The molecule has 0 heterocycles. The van der Waals surface area contributed by atoms with E-state index in [-0.39, 0.29) is 18.0 Å². The quantitative estimate of drug-likeness (QED) is 0.518. The Kier molecular flexibility index (Phi) is 7.66. The number of ether oxygens (including phenoxy) is 1. The van der Waals surface area contributed by atoms with Gasteiger partial charge in [0.25, 0.3) is 0 Å². The average Bonchev–Trinajstić information content (AvgIpc) is 2.74. The van der Waals surface area contributed by atoms with Crippen molar-refractivity contribution in [3.63, 3.8) is 0 Å². The van der Waals surface area contributed by atoms with Crippen molar-refractivity contribution < 1.29 is 17.9 Å². The number of hydrogen-bond donors (Lipinski definition) is 1. The van der Waals surface area contributed by atoms with Crippen molar-refractivity contribution in [3.05, 3.63) is 89.5 Å². The molecule has 1 N–H and O–H groups in total. The van der Waals surface area contributed by atoms with E-state index in [1.165, 1.54) is 16.4 Å². The second-order valence-electron chi connectivity index (χ2n) is 7.59. The monoisotopic (exact) mass is 452 g/mol. The molecule has 1 amide bonds. The molecule has 0 saturated heterocycles. The summed E-state index contributed by atoms with van der Waals surface area (Å²) in [6.45, 7) is 6.01. The molecule has 3 aromatic rings. The predicted molar refractivity (Wildman–Crippen MR) is 126 cm³/mol. The van der Waals surface area contributed by atoms with E-state index in [9.17, 15) is 13.2 Å². The Bertz CT molecular complexity index is 1140. The Labute approximate surface area is 189 Å². The Hall–Kier alpha value is -3.16. The van der Waals surface area contributed by atoms with Gasteiger partial charge in [0.1, 0.15) is 5.75 Å². The minimum Gasteiger partial charge on any atom is -0.494 e. The third-order valence-electron chi connectivity index (χ3n) is 4.80. The van der Waals surface area contributed by atoms with Crippen LogP contribution in [-0.4, -0.2) is 31.8 Å². The maximum Gasteiger partial charge on any atom is 0.243 e. The Morgan fingerprint density at radius 2 is 1.56 bits per heavy atom. The van der Waals surface area contributed by atoms with Gasteiger partial charge in [-0.15, -0.1) is 0 Å². The number of nitrogens with zero attached hydrogens (tertiary/aromatic N) is 1. The van der Waals surface area contributed by atoms with Gasteiger partial charge < -0.3 is 10.1 Å². The normalized spacial score (nSPS) is 11.4. The zero-order valence-electron chi connectivity index (χ0n) is 18.5. The summed E-state index contributed by atoms with van der Waals surface area (Å²) in [6.07, 6.45) is 0. The Morgan fingerprint density at radius 1 is 0.938 bits per heavy atom. The summed E-state index contributed by atoms with van der Waals surface area (Å²) in [5.41, 5.74) is 3.47. The first-order valence-electron chi connectivity index (χ1n) is 10.4. The van der Waals surface area contributed by atoms with Crippen LogP contribution < -0.4 is 10.1 Å². The fraction of sp³-hybridized carbons (Fsp3) is 0.240. The lowest BCUT2D eigenvalue weighted by atomic mass is 10.1. The molecule has 168 valence electrons. The number of amides is 1. The van der Waals surface area contributed by atoms with Gasteiger partial charge in [-0.1, -0.05) is 36.4 Å². The summed E-state index contributed by atoms with van der Waals surface area (Å²) in [7, 11) is -3.92. The highest BCUT2D eigenvalue weighted by Crippen LogP contribution is 2.22. The first kappa shape index (κ1) is 23.5. The van der Waals surface area contributed by atoms with Gasteiger partial charge in [-0.25, -0.2) is 8.42 Å². The predicted octanol–water partition coefficient (Wildman–Crippen LogP) is 4.53. The molecule has 3 aromatic carbocycles. The number of benzene rings is 3. The lowest BCUT2D eigenvalue weighted by Crippen LogP contribution is -2.37. The fourth-order valence-electron chi connectivity index (χ4n) is 3.44. The molecule has 0 aliphatic heterocycles. The molecule has 0 bridgehead atoms. The van der Waals surface area contributed by atoms with Crippen LogP contribution in [0.2, 0.25) is 0 Å². The van der Waals surface area contributed by atoms with Gasteiger partial charge in [0.15, 0.2) is 0 Å². The van der Waals surface area contributed by atoms with Crippen molar-refractivity contribution >= 4 is 21.6 Å². The molecule has 0 saturated carbocycles. The first-order chi connectivity index (χ1) is 15.3. The van der Waals surface area contributed by atoms with Crippen LogP contribution in [0.5, 0.6) is 5.75 Å². The molecule has 0 radical (unpaired) electrons. The number of hydrogen-bond acceptors (Lipinski definition) is 4. The number of sulfonamides is 1. The second kappa shape index (κ2) is 10.4. The number of anilines is 1. The molecular weight excluding hydrogens is 424 g/mol. The van der Waals surface area contributed by atoms with Crippen molar-refractivity contribution in [1.82, 2.24) is 4.31 Å². The summed E-state index contributed by atoms with van der Waals surface area (Å²) < 4.78 is 33.4. The average molecular weight is 453 g/mol. The van der Waals surface area contributed by atoms with Gasteiger partial charge in [0.2, 0.25) is 15.9 Å². The summed E-state index contributed by atoms with van der Waals surface area (Å²) in [5.74, 6) is 0.189. The van der Waals surface area contributed by atoms with E-state index in [0.717, 1.165) is 16.7 Å². The van der Waals surface area contributed by atoms with Crippen molar-refractivity contribution in [1.29, 1.82) is 0 Å². The molecule has 6 nitrogen and oxygen atoms in total. The summed E-state index contributed by atoms with van der Waals surface area (Å²) in [6, 6.07) is 21.2. The SMILES string of the molecule is CCOc1ccc(S(=O)(=O)N(CC(=O)Nc2cc(C)cc(C)c2)Cc2ccccc2)cc1. The topological polar surface area (TPSA) is 75.7 Å². The summed E-state index contributed by atoms with van der Waals surface area (Å²) in [4.78, 5) is 12.9. The van der Waals surface area contributed by atoms with Crippen LogP contribution >= 0.6 is 0 Å². The number of carbonyl (C=O) groups is 1. The molecule has 0 fully saturated rings. The van der Waals surface area contributed by atoms with Crippen LogP contribution in [0, 0.1) is 13.8 Å². The van der Waals surface area contributed by atoms with Crippen molar-refractivity contribution in [2.75, 3.05) is 18.5 Å². The zero-order valence-corrected chi connectivity index (χ0v) is 19.4. The van der Waals surface area contributed by atoms with Gasteiger partial charge in [0.05, 0.1) is 18.0 Å². The summed E-state index contributed by atoms with van der Waals surface area (Å²) >= 11 is 0. The van der Waals surface area contributed by atoms with Crippen LogP contribution in [-0.2, 0) is 21.4 Å². The van der Waals surface area contributed by atoms with Crippen LogP contribution in [0.15, 0.2) is 77.7 Å². The van der Waals surface area contributed by atoms with E-state index >= 15 is 0 Å². The smallest absolute Gasteiger partial charge is 0.243 e. The van der Waals surface area contributed by atoms with Crippen LogP contribution in [0.3, 0.4) is 0 Å². The van der Waals surface area contributed by atoms with Crippen molar-refractivity contribution in [2.45, 2.75) is 32.2 Å². The van der Waals surface area contributed by atoms with E-state index in [2.05, 4.69) is 5.32 Å². The zero-order chi connectivity index (χ0) is 23.1. The number of rotatable bonds is 9. The lowest BCUT2D eigenvalue weighted by molar-refractivity contribution is -0.116. The number of nitrogens with one attached hydrogen (secondary N) is 1. The highest BCUT2D eigenvalue weighted by atomic mass is 32.2. The van der Waals surface area contributed by atoms with Crippen LogP contribution in [0.4, 0.5) is 5.69 Å². The molecule has 0 spiro atoms. The Morgan fingerprint density at radius 3 is 2.16 bits per heavy atom. The van der Waals surface area contributed by atoms with Crippen molar-refractivity contribution in [3.8, 4) is 5.75 Å². The minimum absolute atomic E-state index is 0.0800. The molecule has 3 rings (SSSR count). The third-order valence-corrected chi connectivity index (χ3v) is 6.61. The maximum absolute atomic E-state index is 13.4. The lowest BCUT2D eigenvalue weighted by Gasteiger charge is -2.22. The molecule has 0 aliphatic rings. The molecule has 32 heavy (non-hydrogen) atoms. The molecule has 7 heteroatoms. The van der Waals surface area contributed by atoms with Gasteiger partial charge in [-0.3, -0.25) is 4.79 Å². The number of carbonyl (C=O) groups excluding carboxylic acids is 1. The molecule has 0 atom stereocenters. The third kappa shape index (κ3) is 6.18. The number of aryl methyl sites for hydroxylation is 2. The van der Waals surface area contributed by atoms with Gasteiger partial charge in [-0.05, 0) is 73.9 Å². The van der Waals surface area contributed by atoms with E-state index in [0.29, 0.717) is 18.0 Å².